The van der Waals surface area contributed by atoms with Gasteiger partial charge in [0.25, 0.3) is 6.43 Å². The van der Waals surface area contributed by atoms with E-state index in [-0.39, 0.29) is 10.2 Å². The van der Waals surface area contributed by atoms with Crippen molar-refractivity contribution in [2.75, 3.05) is 5.73 Å². The van der Waals surface area contributed by atoms with Crippen molar-refractivity contribution < 1.29 is 26.7 Å². The molecule has 1 aromatic carbocycles. The first-order chi connectivity index (χ1) is 7.20. The molecule has 0 aliphatic heterocycles. The van der Waals surface area contributed by atoms with Crippen LogP contribution in [-0.2, 0) is 0 Å². The number of benzene rings is 1. The molecule has 0 radical (unpaired) electrons. The van der Waals surface area contributed by atoms with Gasteiger partial charge in [-0.1, -0.05) is 0 Å². The summed E-state index contributed by atoms with van der Waals surface area (Å²) in [5.74, 6) is -0.997. The lowest BCUT2D eigenvalue weighted by molar-refractivity contribution is -0.275. The third kappa shape index (κ3) is 3.22. The predicted octanol–water partition coefficient (Wildman–Crippen LogP) is 3.87. The fraction of sp³-hybridized carbons (Fsp3) is 0.250. The highest BCUT2D eigenvalue weighted by Gasteiger charge is 2.33. The summed E-state index contributed by atoms with van der Waals surface area (Å²) in [5, 5.41) is 0. The molecule has 0 saturated heterocycles. The highest BCUT2D eigenvalue weighted by atomic mass is 79.9. The number of nitrogens with two attached hydrogens (primary N) is 1. The van der Waals surface area contributed by atoms with E-state index in [9.17, 15) is 22.0 Å². The van der Waals surface area contributed by atoms with Crippen LogP contribution in [0.2, 0.25) is 0 Å². The molecular formula is C8H5BrF5NO. The molecule has 90 valence electrons. The first-order valence-corrected chi connectivity index (χ1v) is 4.63. The summed E-state index contributed by atoms with van der Waals surface area (Å²) < 4.78 is 64.0. The van der Waals surface area contributed by atoms with Gasteiger partial charge in [0, 0.05) is 16.2 Å². The summed E-state index contributed by atoms with van der Waals surface area (Å²) in [6.45, 7) is 0. The van der Waals surface area contributed by atoms with Crippen LogP contribution in [0, 0.1) is 0 Å². The van der Waals surface area contributed by atoms with Crippen LogP contribution in [0.25, 0.3) is 0 Å². The quantitative estimate of drug-likeness (QED) is 0.665. The summed E-state index contributed by atoms with van der Waals surface area (Å²) in [7, 11) is 0. The Morgan fingerprint density at radius 2 is 1.81 bits per heavy atom. The van der Waals surface area contributed by atoms with Crippen LogP contribution in [0.5, 0.6) is 5.75 Å². The molecule has 0 amide bonds. The van der Waals surface area contributed by atoms with Crippen LogP contribution < -0.4 is 10.5 Å². The molecule has 0 bridgehead atoms. The van der Waals surface area contributed by atoms with E-state index >= 15 is 0 Å². The molecule has 0 heterocycles. The van der Waals surface area contributed by atoms with Gasteiger partial charge in [-0.2, -0.15) is 0 Å². The number of alkyl halides is 5. The Morgan fingerprint density at radius 3 is 2.25 bits per heavy atom. The third-order valence-corrected chi connectivity index (χ3v) is 2.28. The van der Waals surface area contributed by atoms with Gasteiger partial charge in [0.1, 0.15) is 5.75 Å². The number of hydrogen-bond acceptors (Lipinski definition) is 2. The first-order valence-electron chi connectivity index (χ1n) is 3.83. The van der Waals surface area contributed by atoms with Gasteiger partial charge in [0.2, 0.25) is 0 Å². The SMILES string of the molecule is Nc1cc(OC(F)(F)F)c(C(F)F)cc1Br. The molecule has 0 spiro atoms. The molecule has 0 aliphatic rings. The standard InChI is InChI=1S/C8H5BrF5NO/c9-4-1-3(7(10)11)6(2-5(4)15)16-8(12,13)14/h1-2,7H,15H2. The fourth-order valence-electron chi connectivity index (χ4n) is 0.968. The summed E-state index contributed by atoms with van der Waals surface area (Å²) >= 11 is 2.83. The summed E-state index contributed by atoms with van der Waals surface area (Å²) in [6.07, 6.45) is -8.13. The molecule has 0 unspecified atom stereocenters. The molecule has 2 N–H and O–H groups in total. The second-order valence-corrected chi connectivity index (χ2v) is 3.61. The zero-order valence-electron chi connectivity index (χ0n) is 7.49. The topological polar surface area (TPSA) is 35.2 Å². The van der Waals surface area contributed by atoms with Crippen molar-refractivity contribution >= 4 is 21.6 Å². The molecule has 0 aliphatic carbocycles. The lowest BCUT2D eigenvalue weighted by Crippen LogP contribution is -2.18. The van der Waals surface area contributed by atoms with Crippen molar-refractivity contribution in [3.8, 4) is 5.75 Å². The second-order valence-electron chi connectivity index (χ2n) is 2.76. The minimum atomic E-state index is -5.04. The van der Waals surface area contributed by atoms with Crippen molar-refractivity contribution in [3.63, 3.8) is 0 Å². The molecule has 0 fully saturated rings. The zero-order valence-corrected chi connectivity index (χ0v) is 9.07. The zero-order chi connectivity index (χ0) is 12.5. The lowest BCUT2D eigenvalue weighted by Gasteiger charge is -2.14. The lowest BCUT2D eigenvalue weighted by atomic mass is 10.2. The number of halogens is 6. The highest BCUT2D eigenvalue weighted by Crippen LogP contribution is 2.37. The number of ether oxygens (including phenoxy) is 1. The van der Waals surface area contributed by atoms with Gasteiger partial charge in [-0.15, -0.1) is 13.2 Å². The molecule has 1 aromatic rings. The minimum absolute atomic E-state index is 0.0809. The van der Waals surface area contributed by atoms with Crippen molar-refractivity contribution in [2.45, 2.75) is 12.8 Å². The second kappa shape index (κ2) is 4.44. The van der Waals surface area contributed by atoms with Gasteiger partial charge in [-0.3, -0.25) is 0 Å². The smallest absolute Gasteiger partial charge is 0.405 e. The fourth-order valence-corrected chi connectivity index (χ4v) is 1.33. The number of hydrogen-bond donors (Lipinski definition) is 1. The Morgan fingerprint density at radius 1 is 1.25 bits per heavy atom. The van der Waals surface area contributed by atoms with Gasteiger partial charge in [0.05, 0.1) is 5.56 Å². The van der Waals surface area contributed by atoms with Gasteiger partial charge < -0.3 is 10.5 Å². The maximum Gasteiger partial charge on any atom is 0.573 e. The van der Waals surface area contributed by atoms with E-state index in [0.29, 0.717) is 6.07 Å². The Labute approximate surface area is 95.3 Å². The van der Waals surface area contributed by atoms with E-state index < -0.39 is 24.1 Å². The summed E-state index contributed by atoms with van der Waals surface area (Å²) in [6, 6.07) is 1.49. The van der Waals surface area contributed by atoms with Crippen molar-refractivity contribution in [2.24, 2.45) is 0 Å². The third-order valence-electron chi connectivity index (χ3n) is 1.59. The van der Waals surface area contributed by atoms with E-state index in [2.05, 4.69) is 20.7 Å². The van der Waals surface area contributed by atoms with Crippen LogP contribution in [-0.4, -0.2) is 6.36 Å². The Balaban J connectivity index is 3.20. The van der Waals surface area contributed by atoms with Crippen LogP contribution in [0.4, 0.5) is 27.6 Å². The van der Waals surface area contributed by atoms with Gasteiger partial charge >= 0.3 is 6.36 Å². The molecule has 0 saturated carbocycles. The molecular weight excluding hydrogens is 301 g/mol. The van der Waals surface area contributed by atoms with Crippen LogP contribution in [0.1, 0.15) is 12.0 Å². The van der Waals surface area contributed by atoms with E-state index in [0.717, 1.165) is 6.07 Å². The Hall–Kier alpha value is -1.05. The molecule has 16 heavy (non-hydrogen) atoms. The monoisotopic (exact) mass is 305 g/mol. The van der Waals surface area contributed by atoms with Crippen LogP contribution >= 0.6 is 15.9 Å². The Kier molecular flexibility index (Phi) is 3.61. The van der Waals surface area contributed by atoms with Gasteiger partial charge in [-0.25, -0.2) is 8.78 Å². The maximum atomic E-state index is 12.4. The molecule has 2 nitrogen and oxygen atoms in total. The maximum absolute atomic E-state index is 12.4. The van der Waals surface area contributed by atoms with E-state index in [1.54, 1.807) is 0 Å². The van der Waals surface area contributed by atoms with E-state index in [4.69, 9.17) is 5.73 Å². The highest BCUT2D eigenvalue weighted by molar-refractivity contribution is 9.10. The first kappa shape index (κ1) is 13.0. The number of anilines is 1. The van der Waals surface area contributed by atoms with Crippen molar-refractivity contribution in [1.82, 2.24) is 0 Å². The van der Waals surface area contributed by atoms with Crippen molar-refractivity contribution in [3.05, 3.63) is 22.2 Å². The normalized spacial score (nSPS) is 11.9. The van der Waals surface area contributed by atoms with Crippen LogP contribution in [0.3, 0.4) is 0 Å². The summed E-state index contributed by atoms with van der Waals surface area (Å²) in [5.41, 5.74) is 4.27. The Bertz CT molecular complexity index is 393. The average Bonchev–Trinajstić information content (AvgIpc) is 2.07. The number of rotatable bonds is 2. The van der Waals surface area contributed by atoms with E-state index in [1.165, 1.54) is 0 Å². The predicted molar refractivity (Wildman–Crippen MR) is 50.2 cm³/mol. The molecule has 0 atom stereocenters. The van der Waals surface area contributed by atoms with Gasteiger partial charge in [-0.05, 0) is 22.0 Å². The van der Waals surface area contributed by atoms with E-state index in [1.807, 2.05) is 0 Å². The number of nitrogen functional groups attached to an aromatic ring is 1. The van der Waals surface area contributed by atoms with Gasteiger partial charge in [0.15, 0.2) is 0 Å². The minimum Gasteiger partial charge on any atom is -0.405 e. The van der Waals surface area contributed by atoms with Crippen LogP contribution in [0.15, 0.2) is 16.6 Å². The molecule has 0 aromatic heterocycles. The summed E-state index contributed by atoms with van der Waals surface area (Å²) in [4.78, 5) is 0. The van der Waals surface area contributed by atoms with Crippen molar-refractivity contribution in [1.29, 1.82) is 0 Å². The average molecular weight is 306 g/mol. The molecule has 1 rings (SSSR count). The largest absolute Gasteiger partial charge is 0.573 e. The molecule has 8 heteroatoms.